The number of hydrogen-bond donors (Lipinski definition) is 2. The van der Waals surface area contributed by atoms with E-state index in [-0.39, 0.29) is 11.7 Å². The van der Waals surface area contributed by atoms with E-state index in [1.54, 1.807) is 0 Å². The Morgan fingerprint density at radius 3 is 3.10 bits per heavy atom. The van der Waals surface area contributed by atoms with Crippen LogP contribution in [0.15, 0.2) is 24.4 Å². The van der Waals surface area contributed by atoms with Crippen molar-refractivity contribution in [2.24, 2.45) is 5.92 Å². The van der Waals surface area contributed by atoms with Crippen molar-refractivity contribution >= 4 is 16.7 Å². The lowest BCUT2D eigenvalue weighted by Gasteiger charge is -2.21. The van der Waals surface area contributed by atoms with Crippen molar-refractivity contribution in [1.82, 2.24) is 10.3 Å². The maximum absolute atomic E-state index is 12.7. The first-order valence-electron chi connectivity index (χ1n) is 7.29. The van der Waals surface area contributed by atoms with Gasteiger partial charge in [-0.3, -0.25) is 4.79 Å². The summed E-state index contributed by atoms with van der Waals surface area (Å²) in [6.07, 6.45) is 3.86. The van der Waals surface area contributed by atoms with Crippen molar-refractivity contribution in [2.45, 2.75) is 19.8 Å². The Hall–Kier alpha value is -1.81. The molecule has 1 aliphatic rings. The maximum atomic E-state index is 12.7. The molecule has 4 heteroatoms. The first-order chi connectivity index (χ1) is 9.81. The molecule has 0 spiro atoms. The molecule has 2 heterocycles. The van der Waals surface area contributed by atoms with E-state index in [1.807, 2.05) is 31.3 Å². The molecule has 1 unspecified atom stereocenters. The second kappa shape index (κ2) is 5.67. The molecule has 0 aliphatic carbocycles. The number of aromatic nitrogens is 1. The van der Waals surface area contributed by atoms with Crippen LogP contribution in [0.2, 0.25) is 0 Å². The Morgan fingerprint density at radius 1 is 1.45 bits per heavy atom. The molecule has 1 aromatic carbocycles. The largest absolute Gasteiger partial charge is 0.493 e. The van der Waals surface area contributed by atoms with E-state index < -0.39 is 0 Å². The van der Waals surface area contributed by atoms with Crippen LogP contribution in [0.25, 0.3) is 10.9 Å². The number of piperidine rings is 1. The van der Waals surface area contributed by atoms with Crippen LogP contribution >= 0.6 is 0 Å². The molecule has 3 rings (SSSR count). The summed E-state index contributed by atoms with van der Waals surface area (Å²) in [4.78, 5) is 15.9. The van der Waals surface area contributed by atoms with Crippen LogP contribution in [0, 0.1) is 5.92 Å². The summed E-state index contributed by atoms with van der Waals surface area (Å²) in [5.74, 6) is 1.09. The van der Waals surface area contributed by atoms with E-state index in [4.69, 9.17) is 4.74 Å². The van der Waals surface area contributed by atoms with Crippen molar-refractivity contribution in [3.8, 4) is 5.75 Å². The number of ketones is 1. The SMILES string of the molecule is CCOc1cccc2[nH]cc(C(=O)C3CCCNC3)c12. The molecule has 1 fully saturated rings. The number of rotatable bonds is 4. The van der Waals surface area contributed by atoms with E-state index >= 15 is 0 Å². The maximum Gasteiger partial charge on any atom is 0.169 e. The predicted octanol–water partition coefficient (Wildman–Crippen LogP) is 2.75. The first-order valence-corrected chi connectivity index (χ1v) is 7.29. The Balaban J connectivity index is 2.00. The average Bonchev–Trinajstić information content (AvgIpc) is 2.93. The third kappa shape index (κ3) is 2.31. The molecule has 0 saturated carbocycles. The number of carbonyl (C=O) groups excluding carboxylic acids is 1. The molecule has 1 aliphatic heterocycles. The topological polar surface area (TPSA) is 54.1 Å². The number of nitrogens with one attached hydrogen (secondary N) is 2. The number of fused-ring (bicyclic) bond motifs is 1. The van der Waals surface area contributed by atoms with Crippen molar-refractivity contribution < 1.29 is 9.53 Å². The molecule has 0 amide bonds. The number of benzene rings is 1. The van der Waals surface area contributed by atoms with Crippen LogP contribution < -0.4 is 10.1 Å². The molecule has 1 saturated heterocycles. The smallest absolute Gasteiger partial charge is 0.169 e. The van der Waals surface area contributed by atoms with Crippen molar-refractivity contribution in [1.29, 1.82) is 0 Å². The fourth-order valence-electron chi connectivity index (χ4n) is 2.92. The van der Waals surface area contributed by atoms with Crippen LogP contribution in [-0.2, 0) is 0 Å². The highest BCUT2D eigenvalue weighted by Gasteiger charge is 2.25. The van der Waals surface area contributed by atoms with Crippen LogP contribution in [0.5, 0.6) is 5.75 Å². The van der Waals surface area contributed by atoms with Gasteiger partial charge in [0.2, 0.25) is 0 Å². The molecule has 2 N–H and O–H groups in total. The predicted molar refractivity (Wildman–Crippen MR) is 79.4 cm³/mol. The molecule has 1 aromatic heterocycles. The average molecular weight is 272 g/mol. The molecule has 20 heavy (non-hydrogen) atoms. The zero-order chi connectivity index (χ0) is 13.9. The first kappa shape index (κ1) is 13.2. The summed E-state index contributed by atoms with van der Waals surface area (Å²) in [6, 6.07) is 5.85. The highest BCUT2D eigenvalue weighted by atomic mass is 16.5. The van der Waals surface area contributed by atoms with E-state index in [0.717, 1.165) is 48.1 Å². The molecular formula is C16H20N2O2. The second-order valence-electron chi connectivity index (χ2n) is 5.22. The standard InChI is InChI=1S/C16H20N2O2/c1-2-20-14-7-3-6-13-15(14)12(10-18-13)16(19)11-5-4-8-17-9-11/h3,6-7,10-11,17-18H,2,4-5,8-9H2,1H3. The summed E-state index contributed by atoms with van der Waals surface area (Å²) in [5.41, 5.74) is 1.72. The van der Waals surface area contributed by atoms with Crippen LogP contribution in [-0.4, -0.2) is 30.5 Å². The van der Waals surface area contributed by atoms with Crippen LogP contribution in [0.1, 0.15) is 30.1 Å². The van der Waals surface area contributed by atoms with Gasteiger partial charge in [-0.25, -0.2) is 0 Å². The minimum absolute atomic E-state index is 0.0810. The highest BCUT2D eigenvalue weighted by Crippen LogP contribution is 2.31. The summed E-state index contributed by atoms with van der Waals surface area (Å²) in [5, 5.41) is 4.22. The molecule has 1 atom stereocenters. The molecule has 0 bridgehead atoms. The van der Waals surface area contributed by atoms with Gasteiger partial charge < -0.3 is 15.0 Å². The van der Waals surface area contributed by atoms with Crippen molar-refractivity contribution in [3.63, 3.8) is 0 Å². The monoisotopic (exact) mass is 272 g/mol. The van der Waals surface area contributed by atoms with Crippen LogP contribution in [0.3, 0.4) is 0 Å². The van der Waals surface area contributed by atoms with Crippen molar-refractivity contribution in [2.75, 3.05) is 19.7 Å². The molecule has 4 nitrogen and oxygen atoms in total. The molecule has 2 aromatic rings. The van der Waals surface area contributed by atoms with E-state index in [9.17, 15) is 4.79 Å². The Labute approximate surface area is 118 Å². The van der Waals surface area contributed by atoms with Crippen molar-refractivity contribution in [3.05, 3.63) is 30.0 Å². The summed E-state index contributed by atoms with van der Waals surface area (Å²) in [6.45, 7) is 4.35. The third-order valence-corrected chi connectivity index (χ3v) is 3.90. The van der Waals surface area contributed by atoms with Gasteiger partial charge in [0.15, 0.2) is 5.78 Å². The highest BCUT2D eigenvalue weighted by molar-refractivity contribution is 6.11. The Morgan fingerprint density at radius 2 is 2.35 bits per heavy atom. The van der Waals surface area contributed by atoms with Gasteiger partial charge in [0, 0.05) is 29.7 Å². The van der Waals surface area contributed by atoms with Gasteiger partial charge in [-0.2, -0.15) is 0 Å². The number of aromatic amines is 1. The van der Waals surface area contributed by atoms with Gasteiger partial charge >= 0.3 is 0 Å². The summed E-state index contributed by atoms with van der Waals surface area (Å²) < 4.78 is 5.67. The van der Waals surface area contributed by atoms with Gasteiger partial charge in [-0.05, 0) is 38.4 Å². The minimum atomic E-state index is 0.0810. The number of H-pyrrole nitrogens is 1. The lowest BCUT2D eigenvalue weighted by atomic mass is 9.90. The number of ether oxygens (including phenoxy) is 1. The van der Waals surface area contributed by atoms with Gasteiger partial charge in [-0.15, -0.1) is 0 Å². The summed E-state index contributed by atoms with van der Waals surface area (Å²) >= 11 is 0. The van der Waals surface area contributed by atoms with E-state index in [1.165, 1.54) is 0 Å². The van der Waals surface area contributed by atoms with Crippen LogP contribution in [0.4, 0.5) is 0 Å². The van der Waals surface area contributed by atoms with Gasteiger partial charge in [0.05, 0.1) is 12.0 Å². The minimum Gasteiger partial charge on any atom is -0.493 e. The fourth-order valence-corrected chi connectivity index (χ4v) is 2.92. The number of carbonyl (C=O) groups is 1. The fraction of sp³-hybridized carbons (Fsp3) is 0.438. The summed E-state index contributed by atoms with van der Waals surface area (Å²) in [7, 11) is 0. The van der Waals surface area contributed by atoms with Gasteiger partial charge in [0.25, 0.3) is 0 Å². The normalized spacial score (nSPS) is 19.1. The van der Waals surface area contributed by atoms with Gasteiger partial charge in [-0.1, -0.05) is 6.07 Å². The lowest BCUT2D eigenvalue weighted by molar-refractivity contribution is 0.0901. The third-order valence-electron chi connectivity index (χ3n) is 3.90. The quantitative estimate of drug-likeness (QED) is 0.841. The lowest BCUT2D eigenvalue weighted by Crippen LogP contribution is -2.34. The molecule has 106 valence electrons. The second-order valence-corrected chi connectivity index (χ2v) is 5.22. The number of hydrogen-bond acceptors (Lipinski definition) is 3. The Bertz CT molecular complexity index is 612. The zero-order valence-electron chi connectivity index (χ0n) is 11.7. The van der Waals surface area contributed by atoms with E-state index in [0.29, 0.717) is 6.61 Å². The molecule has 0 radical (unpaired) electrons. The van der Waals surface area contributed by atoms with E-state index in [2.05, 4.69) is 10.3 Å². The molecular weight excluding hydrogens is 252 g/mol. The van der Waals surface area contributed by atoms with Gasteiger partial charge in [0.1, 0.15) is 5.75 Å². The zero-order valence-corrected chi connectivity index (χ0v) is 11.7. The Kier molecular flexibility index (Phi) is 3.74. The number of Topliss-reactive ketones (excluding diaryl/α,β-unsaturated/α-hetero) is 1.